The zero-order valence-corrected chi connectivity index (χ0v) is 23.8. The van der Waals surface area contributed by atoms with Crippen LogP contribution in [0.15, 0.2) is 0 Å². The van der Waals surface area contributed by atoms with E-state index < -0.39 is 110 Å². The lowest BCUT2D eigenvalue weighted by atomic mass is 9.47. The van der Waals surface area contributed by atoms with Gasteiger partial charge in [-0.15, -0.1) is 0 Å². The van der Waals surface area contributed by atoms with Crippen molar-refractivity contribution >= 4 is 17.9 Å². The van der Waals surface area contributed by atoms with Gasteiger partial charge in [0, 0.05) is 24.7 Å². The molecule has 0 aromatic heterocycles. The molecular weight excluding hydrogens is 623 g/mol. The van der Waals surface area contributed by atoms with E-state index in [4.69, 9.17) is 18.9 Å². The number of rotatable bonds is 11. The predicted octanol–water partition coefficient (Wildman–Crippen LogP) is 5.46. The number of hydrogen-bond donors (Lipinski definition) is 0. The Bertz CT molecular complexity index is 1080. The van der Waals surface area contributed by atoms with Crippen molar-refractivity contribution in [2.24, 2.45) is 29.1 Å². The molecule has 5 aliphatic rings. The maximum Gasteiger partial charge on any atom is 0.453 e. The van der Waals surface area contributed by atoms with Crippen LogP contribution in [0, 0.1) is 29.1 Å². The number of esters is 3. The van der Waals surface area contributed by atoms with Crippen LogP contribution in [-0.2, 0) is 38.1 Å². The third-order valence-electron chi connectivity index (χ3n) is 8.70. The van der Waals surface area contributed by atoms with Crippen LogP contribution in [0.25, 0.3) is 0 Å². The minimum atomic E-state index is -5.99. The molecule has 0 aromatic rings. The highest BCUT2D eigenvalue weighted by atomic mass is 19.4. The second-order valence-electron chi connectivity index (χ2n) is 12.7. The van der Waals surface area contributed by atoms with Crippen LogP contribution in [0.5, 0.6) is 0 Å². The Balaban J connectivity index is 1.48. The van der Waals surface area contributed by atoms with Gasteiger partial charge in [0.15, 0.2) is 12.4 Å². The molecule has 5 fully saturated rings. The van der Waals surface area contributed by atoms with Crippen molar-refractivity contribution in [2.75, 3.05) is 26.4 Å². The van der Waals surface area contributed by atoms with Gasteiger partial charge in [-0.3, -0.25) is 14.4 Å². The van der Waals surface area contributed by atoms with Crippen LogP contribution >= 0.6 is 0 Å². The van der Waals surface area contributed by atoms with E-state index in [2.05, 4.69) is 4.74 Å². The summed E-state index contributed by atoms with van der Waals surface area (Å²) in [5, 5.41) is 0. The fraction of sp³-hybridized carbons (Fsp3) is 0.889. The Morgan fingerprint density at radius 1 is 0.773 bits per heavy atom. The van der Waals surface area contributed by atoms with Crippen LogP contribution < -0.4 is 0 Å². The SMILES string of the molecule is CC(F)(F)COC(=O)C12CC3CC(C1)C1(OCC(COC(=O)CC(F)(F)C(F)(F)F)C(COC(=O)CC(C)(F)F)O1)C(C3)C2. The van der Waals surface area contributed by atoms with Crippen molar-refractivity contribution in [3.63, 3.8) is 0 Å². The first-order valence-electron chi connectivity index (χ1n) is 14.0. The van der Waals surface area contributed by atoms with Crippen LogP contribution in [0.4, 0.5) is 39.5 Å². The molecule has 1 aliphatic heterocycles. The van der Waals surface area contributed by atoms with Crippen molar-refractivity contribution < 1.29 is 77.6 Å². The second kappa shape index (κ2) is 11.8. The quantitative estimate of drug-likeness (QED) is 0.165. The van der Waals surface area contributed by atoms with E-state index in [0.29, 0.717) is 33.1 Å². The standard InChI is InChI=1S/C27H33F9O8/c1-22(28,29)8-19(37)41-12-18-15(10-40-20(38)9-25(32,33)27(34,35)36)11-43-26(44-18)16-3-14-4-17(26)7-24(5-14,6-16)21(39)42-13-23(2,30)31/h14-18H,3-13H2,1-2H3. The molecule has 0 N–H and O–H groups in total. The Morgan fingerprint density at radius 2 is 1.34 bits per heavy atom. The first-order chi connectivity index (χ1) is 20.0. The molecule has 4 saturated carbocycles. The van der Waals surface area contributed by atoms with Gasteiger partial charge in [0.25, 0.3) is 11.8 Å². The molecule has 4 atom stereocenters. The van der Waals surface area contributed by atoms with Crippen LogP contribution in [0.2, 0.25) is 0 Å². The molecule has 252 valence electrons. The van der Waals surface area contributed by atoms with Gasteiger partial charge in [0.05, 0.1) is 18.6 Å². The highest BCUT2D eigenvalue weighted by Crippen LogP contribution is 2.66. The third-order valence-corrected chi connectivity index (χ3v) is 8.70. The van der Waals surface area contributed by atoms with Crippen LogP contribution in [0.1, 0.15) is 58.8 Å². The van der Waals surface area contributed by atoms with Crippen molar-refractivity contribution in [3.8, 4) is 0 Å². The Kier molecular flexibility index (Phi) is 9.28. The Hall–Kier alpha value is -2.30. The van der Waals surface area contributed by atoms with E-state index in [1.54, 1.807) is 0 Å². The monoisotopic (exact) mass is 656 g/mol. The largest absolute Gasteiger partial charge is 0.465 e. The topological polar surface area (TPSA) is 97.4 Å². The summed E-state index contributed by atoms with van der Waals surface area (Å²) in [6.07, 6.45) is -9.05. The van der Waals surface area contributed by atoms with Gasteiger partial charge < -0.3 is 23.7 Å². The number of halogens is 9. The molecule has 4 bridgehead atoms. The van der Waals surface area contributed by atoms with Crippen molar-refractivity contribution in [1.29, 1.82) is 0 Å². The maximum absolute atomic E-state index is 13.4. The first kappa shape index (κ1) is 34.6. The Labute approximate surface area is 246 Å². The number of carbonyl (C=O) groups is 3. The summed E-state index contributed by atoms with van der Waals surface area (Å²) in [5.74, 6) is -19.3. The van der Waals surface area contributed by atoms with Gasteiger partial charge in [-0.1, -0.05) is 0 Å². The number of hydrogen-bond acceptors (Lipinski definition) is 8. The smallest absolute Gasteiger partial charge is 0.453 e. The molecule has 1 saturated heterocycles. The summed E-state index contributed by atoms with van der Waals surface area (Å²) in [7, 11) is 0. The summed E-state index contributed by atoms with van der Waals surface area (Å²) in [5.41, 5.74) is -1.06. The Morgan fingerprint density at radius 3 is 1.89 bits per heavy atom. The summed E-state index contributed by atoms with van der Waals surface area (Å²) in [6, 6.07) is 0. The average molecular weight is 657 g/mol. The van der Waals surface area contributed by atoms with Crippen molar-refractivity contribution in [1.82, 2.24) is 0 Å². The van der Waals surface area contributed by atoms with Gasteiger partial charge in [-0.2, -0.15) is 22.0 Å². The lowest BCUT2D eigenvalue weighted by molar-refractivity contribution is -0.397. The van der Waals surface area contributed by atoms with Crippen molar-refractivity contribution in [2.45, 2.75) is 94.6 Å². The molecule has 5 rings (SSSR count). The summed E-state index contributed by atoms with van der Waals surface area (Å²) in [6.45, 7) is -1.75. The molecule has 17 heteroatoms. The fourth-order valence-corrected chi connectivity index (χ4v) is 7.00. The first-order valence-corrected chi connectivity index (χ1v) is 14.0. The van der Waals surface area contributed by atoms with Crippen LogP contribution in [0.3, 0.4) is 0 Å². The average Bonchev–Trinajstić information content (AvgIpc) is 2.85. The van der Waals surface area contributed by atoms with Gasteiger partial charge in [-0.25, -0.2) is 17.6 Å². The summed E-state index contributed by atoms with van der Waals surface area (Å²) in [4.78, 5) is 36.9. The van der Waals surface area contributed by atoms with E-state index in [1.807, 2.05) is 0 Å². The van der Waals surface area contributed by atoms with Gasteiger partial charge in [0.2, 0.25) is 0 Å². The van der Waals surface area contributed by atoms with Crippen molar-refractivity contribution in [3.05, 3.63) is 0 Å². The van der Waals surface area contributed by atoms with Crippen LogP contribution in [-0.4, -0.2) is 80.2 Å². The molecular formula is C27H33F9O8. The number of carbonyl (C=O) groups excluding carboxylic acids is 3. The van der Waals surface area contributed by atoms with E-state index in [-0.39, 0.29) is 25.4 Å². The zero-order chi connectivity index (χ0) is 32.9. The lowest BCUT2D eigenvalue weighted by Crippen LogP contribution is -2.68. The van der Waals surface area contributed by atoms with E-state index in [1.165, 1.54) is 0 Å². The molecule has 44 heavy (non-hydrogen) atoms. The molecule has 0 radical (unpaired) electrons. The van der Waals surface area contributed by atoms with E-state index in [0.717, 1.165) is 0 Å². The molecule has 1 spiro atoms. The third kappa shape index (κ3) is 7.56. The van der Waals surface area contributed by atoms with Gasteiger partial charge in [0.1, 0.15) is 25.6 Å². The number of ether oxygens (including phenoxy) is 5. The van der Waals surface area contributed by atoms with E-state index >= 15 is 0 Å². The normalized spacial score (nSPS) is 33.8. The van der Waals surface area contributed by atoms with Gasteiger partial charge >= 0.3 is 30.0 Å². The molecule has 4 aliphatic carbocycles. The fourth-order valence-electron chi connectivity index (χ4n) is 7.00. The number of alkyl halides is 9. The molecule has 4 unspecified atom stereocenters. The second-order valence-corrected chi connectivity index (χ2v) is 12.7. The molecule has 0 amide bonds. The van der Waals surface area contributed by atoms with E-state index in [9.17, 15) is 53.9 Å². The highest BCUT2D eigenvalue weighted by Gasteiger charge is 2.68. The minimum absolute atomic E-state index is 0.0112. The minimum Gasteiger partial charge on any atom is -0.465 e. The van der Waals surface area contributed by atoms with Gasteiger partial charge in [-0.05, 0) is 44.9 Å². The maximum atomic E-state index is 13.4. The highest BCUT2D eigenvalue weighted by molar-refractivity contribution is 5.77. The zero-order valence-electron chi connectivity index (χ0n) is 23.8. The molecule has 0 aromatic carbocycles. The molecule has 1 heterocycles. The predicted molar refractivity (Wildman–Crippen MR) is 127 cm³/mol. The summed E-state index contributed by atoms with van der Waals surface area (Å²) < 4.78 is 145. The molecule has 8 nitrogen and oxygen atoms in total. The summed E-state index contributed by atoms with van der Waals surface area (Å²) >= 11 is 0. The lowest BCUT2D eigenvalue weighted by Gasteiger charge is -2.65.